The van der Waals surface area contributed by atoms with Crippen molar-refractivity contribution in [3.8, 4) is 0 Å². The number of piperazine rings is 1. The third-order valence-corrected chi connectivity index (χ3v) is 6.99. The molecule has 0 spiro atoms. The molecule has 1 atom stereocenters. The van der Waals surface area contributed by atoms with E-state index < -0.39 is 6.09 Å². The fraction of sp³-hybridized carbons (Fsp3) is 0.462. The van der Waals surface area contributed by atoms with Crippen molar-refractivity contribution in [1.29, 1.82) is 0 Å². The van der Waals surface area contributed by atoms with E-state index in [1.165, 1.54) is 0 Å². The van der Waals surface area contributed by atoms with Crippen molar-refractivity contribution in [2.24, 2.45) is 0 Å². The van der Waals surface area contributed by atoms with Gasteiger partial charge in [-0.05, 0) is 56.5 Å². The molecule has 9 heteroatoms. The molecule has 3 aliphatic heterocycles. The highest BCUT2D eigenvalue weighted by atomic mass is 16.6. The zero-order valence-electron chi connectivity index (χ0n) is 20.5. The van der Waals surface area contributed by atoms with Crippen molar-refractivity contribution in [2.75, 3.05) is 54.0 Å². The Kier molecular flexibility index (Phi) is 6.08. The number of hydrogen-bond acceptors (Lipinski definition) is 6. The number of amides is 3. The van der Waals surface area contributed by atoms with Crippen molar-refractivity contribution in [1.82, 2.24) is 9.88 Å². The maximum absolute atomic E-state index is 13.6. The Morgan fingerprint density at radius 3 is 2.46 bits per heavy atom. The number of nitrogens with zero attached hydrogens (tertiary/aromatic N) is 5. The van der Waals surface area contributed by atoms with Gasteiger partial charge in [-0.1, -0.05) is 6.07 Å². The van der Waals surface area contributed by atoms with E-state index in [0.717, 1.165) is 23.4 Å². The van der Waals surface area contributed by atoms with Crippen LogP contribution in [0, 0.1) is 13.8 Å². The lowest BCUT2D eigenvalue weighted by atomic mass is 10.1. The van der Waals surface area contributed by atoms with Crippen LogP contribution < -0.4 is 14.7 Å². The lowest BCUT2D eigenvalue weighted by Crippen LogP contribution is -2.49. The van der Waals surface area contributed by atoms with Gasteiger partial charge in [-0.2, -0.15) is 0 Å². The molecule has 1 aromatic heterocycles. The molecule has 0 aliphatic carbocycles. The summed E-state index contributed by atoms with van der Waals surface area (Å²) < 4.78 is 5.17. The van der Waals surface area contributed by atoms with Gasteiger partial charge in [0.15, 0.2) is 0 Å². The molecular weight excluding hydrogens is 446 g/mol. The number of pyridine rings is 1. The number of benzene rings is 1. The predicted octanol–water partition coefficient (Wildman–Crippen LogP) is 3.13. The Morgan fingerprint density at radius 2 is 1.83 bits per heavy atom. The number of hydrogen-bond donors (Lipinski definition) is 0. The van der Waals surface area contributed by atoms with E-state index in [2.05, 4.69) is 22.9 Å². The summed E-state index contributed by atoms with van der Waals surface area (Å²) in [6.45, 7) is 9.40. The van der Waals surface area contributed by atoms with E-state index in [-0.39, 0.29) is 17.9 Å². The van der Waals surface area contributed by atoms with Crippen molar-refractivity contribution in [2.45, 2.75) is 39.7 Å². The second-order valence-electron chi connectivity index (χ2n) is 9.58. The molecule has 184 valence electrons. The molecule has 1 aromatic carbocycles. The topological polar surface area (TPSA) is 86.3 Å². The summed E-state index contributed by atoms with van der Waals surface area (Å²) in [4.78, 5) is 50.5. The minimum Gasteiger partial charge on any atom is -0.447 e. The van der Waals surface area contributed by atoms with Gasteiger partial charge in [0.05, 0.1) is 17.3 Å². The quantitative estimate of drug-likeness (QED) is 0.673. The SMILES string of the molecule is Cc1cnc(N2CCN(C(=O)c3ccc(N4C(=O)OCC4C)cc3N3CCCC3=O)CC2)c(C)c1. The summed E-state index contributed by atoms with van der Waals surface area (Å²) in [5.41, 5.74) is 3.95. The summed E-state index contributed by atoms with van der Waals surface area (Å²) >= 11 is 0. The molecule has 1 unspecified atom stereocenters. The monoisotopic (exact) mass is 477 g/mol. The van der Waals surface area contributed by atoms with E-state index in [9.17, 15) is 14.4 Å². The number of rotatable bonds is 4. The summed E-state index contributed by atoms with van der Waals surface area (Å²) in [5, 5.41) is 0. The third kappa shape index (κ3) is 4.31. The summed E-state index contributed by atoms with van der Waals surface area (Å²) in [7, 11) is 0. The first kappa shape index (κ1) is 23.1. The number of aryl methyl sites for hydroxylation is 2. The number of anilines is 3. The number of aromatic nitrogens is 1. The first-order chi connectivity index (χ1) is 16.8. The normalized spacial score (nSPS) is 20.6. The summed E-state index contributed by atoms with van der Waals surface area (Å²) in [5.74, 6) is 0.859. The van der Waals surface area contributed by atoms with Crippen LogP contribution in [0.15, 0.2) is 30.5 Å². The van der Waals surface area contributed by atoms with Gasteiger partial charge in [0.1, 0.15) is 12.4 Å². The highest BCUT2D eigenvalue weighted by molar-refractivity contribution is 6.07. The van der Waals surface area contributed by atoms with Gasteiger partial charge in [0.2, 0.25) is 5.91 Å². The number of ether oxygens (including phenoxy) is 1. The van der Waals surface area contributed by atoms with Crippen LogP contribution in [0.3, 0.4) is 0 Å². The second kappa shape index (κ2) is 9.20. The first-order valence-corrected chi connectivity index (χ1v) is 12.2. The van der Waals surface area contributed by atoms with Gasteiger partial charge in [-0.3, -0.25) is 14.5 Å². The van der Waals surface area contributed by atoms with Gasteiger partial charge >= 0.3 is 6.09 Å². The molecule has 3 amide bonds. The molecule has 2 aromatic rings. The van der Waals surface area contributed by atoms with Crippen LogP contribution in [0.4, 0.5) is 22.0 Å². The fourth-order valence-electron chi connectivity index (χ4n) is 5.18. The second-order valence-corrected chi connectivity index (χ2v) is 9.58. The Hall–Kier alpha value is -3.62. The van der Waals surface area contributed by atoms with E-state index in [1.54, 1.807) is 28.0 Å². The van der Waals surface area contributed by atoms with Gasteiger partial charge in [0.25, 0.3) is 5.91 Å². The Morgan fingerprint density at radius 1 is 1.06 bits per heavy atom. The van der Waals surface area contributed by atoms with Crippen LogP contribution >= 0.6 is 0 Å². The van der Waals surface area contributed by atoms with E-state index >= 15 is 0 Å². The lowest BCUT2D eigenvalue weighted by molar-refractivity contribution is -0.117. The van der Waals surface area contributed by atoms with Gasteiger partial charge in [0, 0.05) is 51.0 Å². The van der Waals surface area contributed by atoms with Gasteiger partial charge in [-0.15, -0.1) is 0 Å². The molecule has 0 saturated carbocycles. The standard InChI is InChI=1S/C26H31N5O4/c1-17-13-18(2)24(27-15-17)28-9-11-29(12-10-28)25(33)21-7-6-20(31-19(3)16-35-26(31)34)14-22(21)30-8-4-5-23(30)32/h6-7,13-15,19H,4-5,8-12,16H2,1-3H3. The van der Waals surface area contributed by atoms with Crippen molar-refractivity contribution in [3.05, 3.63) is 47.2 Å². The zero-order chi connectivity index (χ0) is 24.7. The Bertz CT molecular complexity index is 1170. The van der Waals surface area contributed by atoms with Crippen LogP contribution in [0.25, 0.3) is 0 Å². The van der Waals surface area contributed by atoms with Crippen LogP contribution in [0.1, 0.15) is 41.3 Å². The molecule has 5 rings (SSSR count). The van der Waals surface area contributed by atoms with E-state index in [1.807, 2.05) is 24.9 Å². The largest absolute Gasteiger partial charge is 0.447 e. The molecular formula is C26H31N5O4. The van der Waals surface area contributed by atoms with E-state index in [4.69, 9.17) is 4.74 Å². The molecule has 3 fully saturated rings. The summed E-state index contributed by atoms with van der Waals surface area (Å²) in [6, 6.07) is 7.32. The molecule has 4 heterocycles. The Balaban J connectivity index is 1.39. The molecule has 9 nitrogen and oxygen atoms in total. The van der Waals surface area contributed by atoms with Crippen LogP contribution in [-0.4, -0.2) is 73.2 Å². The van der Waals surface area contributed by atoms with Crippen LogP contribution in [0.5, 0.6) is 0 Å². The maximum atomic E-state index is 13.6. The van der Waals surface area contributed by atoms with Crippen LogP contribution in [0.2, 0.25) is 0 Å². The van der Waals surface area contributed by atoms with Gasteiger partial charge in [-0.25, -0.2) is 9.78 Å². The van der Waals surface area contributed by atoms with Crippen molar-refractivity contribution < 1.29 is 19.1 Å². The highest BCUT2D eigenvalue weighted by Crippen LogP contribution is 2.33. The number of carbonyl (C=O) groups excluding carboxylic acids is 3. The number of cyclic esters (lactones) is 1. The van der Waals surface area contributed by atoms with Crippen LogP contribution in [-0.2, 0) is 9.53 Å². The maximum Gasteiger partial charge on any atom is 0.414 e. The summed E-state index contributed by atoms with van der Waals surface area (Å²) in [6.07, 6.45) is 2.67. The first-order valence-electron chi connectivity index (χ1n) is 12.2. The zero-order valence-corrected chi connectivity index (χ0v) is 20.5. The average Bonchev–Trinajstić information content (AvgIpc) is 3.42. The van der Waals surface area contributed by atoms with Crippen molar-refractivity contribution >= 4 is 35.1 Å². The predicted molar refractivity (Wildman–Crippen MR) is 133 cm³/mol. The molecule has 0 bridgehead atoms. The minimum absolute atomic E-state index is 0.000938. The molecule has 3 saturated heterocycles. The minimum atomic E-state index is -0.411. The lowest BCUT2D eigenvalue weighted by Gasteiger charge is -2.36. The molecule has 3 aliphatic rings. The highest BCUT2D eigenvalue weighted by Gasteiger charge is 2.34. The molecule has 0 radical (unpaired) electrons. The molecule has 35 heavy (non-hydrogen) atoms. The van der Waals surface area contributed by atoms with Crippen molar-refractivity contribution in [3.63, 3.8) is 0 Å². The molecule has 0 N–H and O–H groups in total. The third-order valence-electron chi connectivity index (χ3n) is 6.99. The average molecular weight is 478 g/mol. The number of carbonyl (C=O) groups is 3. The van der Waals surface area contributed by atoms with E-state index in [0.29, 0.717) is 62.7 Å². The Labute approximate surface area is 205 Å². The smallest absolute Gasteiger partial charge is 0.414 e. The van der Waals surface area contributed by atoms with Gasteiger partial charge < -0.3 is 19.4 Å². The fourth-order valence-corrected chi connectivity index (χ4v) is 5.18.